The summed E-state index contributed by atoms with van der Waals surface area (Å²) >= 11 is 0.992. The van der Waals surface area contributed by atoms with Crippen molar-refractivity contribution in [1.82, 2.24) is 9.21 Å². The first-order valence-electron chi connectivity index (χ1n) is 9.96. The largest absolute Gasteiger partial charge is 0.465 e. The Kier molecular flexibility index (Phi) is 5.96. The predicted molar refractivity (Wildman–Crippen MR) is 114 cm³/mol. The second-order valence-corrected chi connectivity index (χ2v) is 10.7. The molecule has 1 aromatic carbocycles. The molecule has 3 heterocycles. The average Bonchev–Trinajstić information content (AvgIpc) is 3.46. The molecule has 0 aliphatic carbocycles. The van der Waals surface area contributed by atoms with Crippen LogP contribution in [0.15, 0.2) is 34.5 Å². The van der Waals surface area contributed by atoms with Crippen LogP contribution in [0.3, 0.4) is 0 Å². The van der Waals surface area contributed by atoms with Crippen LogP contribution in [0.2, 0.25) is 0 Å². The molecule has 164 valence electrons. The highest BCUT2D eigenvalue weighted by Gasteiger charge is 2.39. The van der Waals surface area contributed by atoms with Gasteiger partial charge in [-0.25, -0.2) is 13.2 Å². The Balaban J connectivity index is 1.67. The Morgan fingerprint density at radius 2 is 1.71 bits per heavy atom. The van der Waals surface area contributed by atoms with Crippen molar-refractivity contribution < 1.29 is 27.5 Å². The number of ketones is 1. The number of methoxy groups -OCH3 is 1. The number of thiophene rings is 1. The molecular formula is C21H22N2O6S2. The van der Waals surface area contributed by atoms with Crippen LogP contribution in [0.5, 0.6) is 0 Å². The number of hydrogen-bond donors (Lipinski definition) is 0. The molecule has 10 heteroatoms. The van der Waals surface area contributed by atoms with E-state index in [1.807, 2.05) is 0 Å². The first-order valence-corrected chi connectivity index (χ1v) is 12.2. The van der Waals surface area contributed by atoms with Gasteiger partial charge in [-0.1, -0.05) is 30.3 Å². The third-order valence-corrected chi connectivity index (χ3v) is 9.18. The predicted octanol–water partition coefficient (Wildman–Crippen LogP) is 2.09. The summed E-state index contributed by atoms with van der Waals surface area (Å²) in [5.41, 5.74) is 0.957. The van der Waals surface area contributed by atoms with Crippen LogP contribution in [0.25, 0.3) is 0 Å². The lowest BCUT2D eigenvalue weighted by molar-refractivity contribution is -0.127. The number of hydrogen-bond acceptors (Lipinski definition) is 7. The van der Waals surface area contributed by atoms with Crippen molar-refractivity contribution in [3.05, 3.63) is 51.9 Å². The number of benzene rings is 1. The maximum absolute atomic E-state index is 13.2. The summed E-state index contributed by atoms with van der Waals surface area (Å²) in [6, 6.07) is 8.29. The highest BCUT2D eigenvalue weighted by Crippen LogP contribution is 2.38. The number of sulfonamides is 1. The number of carbonyl (C=O) groups is 3. The van der Waals surface area contributed by atoms with Crippen molar-refractivity contribution in [2.24, 2.45) is 0 Å². The van der Waals surface area contributed by atoms with Gasteiger partial charge in [-0.05, 0) is 24.8 Å². The van der Waals surface area contributed by atoms with Gasteiger partial charge in [0.2, 0.25) is 5.78 Å². The van der Waals surface area contributed by atoms with E-state index in [9.17, 15) is 22.8 Å². The minimum Gasteiger partial charge on any atom is -0.465 e. The van der Waals surface area contributed by atoms with Gasteiger partial charge in [0, 0.05) is 30.1 Å². The minimum absolute atomic E-state index is 0.0325. The van der Waals surface area contributed by atoms with Crippen LogP contribution in [0.4, 0.5) is 0 Å². The van der Waals surface area contributed by atoms with Gasteiger partial charge in [-0.15, -0.1) is 11.3 Å². The molecule has 0 unspecified atom stereocenters. The van der Waals surface area contributed by atoms with E-state index in [0.717, 1.165) is 24.2 Å². The molecule has 1 aromatic heterocycles. The van der Waals surface area contributed by atoms with Gasteiger partial charge in [0.25, 0.3) is 15.9 Å². The van der Waals surface area contributed by atoms with Gasteiger partial charge >= 0.3 is 5.97 Å². The van der Waals surface area contributed by atoms with Crippen molar-refractivity contribution in [2.75, 3.05) is 26.7 Å². The minimum atomic E-state index is -3.83. The summed E-state index contributed by atoms with van der Waals surface area (Å²) in [7, 11) is -2.62. The normalized spacial score (nSPS) is 16.7. The lowest BCUT2D eigenvalue weighted by Crippen LogP contribution is -2.40. The highest BCUT2D eigenvalue weighted by molar-refractivity contribution is 7.91. The lowest BCUT2D eigenvalue weighted by atomic mass is 10.0. The number of amides is 1. The van der Waals surface area contributed by atoms with Crippen LogP contribution in [0.1, 0.15) is 44.0 Å². The summed E-state index contributed by atoms with van der Waals surface area (Å²) in [6.45, 7) is 1.13. The molecule has 4 rings (SSSR count). The fraction of sp³-hybridized carbons (Fsp3) is 0.381. The number of nitrogens with zero attached hydrogens (tertiary/aromatic N) is 2. The Bertz CT molecular complexity index is 1130. The molecule has 1 fully saturated rings. The first kappa shape index (κ1) is 21.7. The summed E-state index contributed by atoms with van der Waals surface area (Å²) < 4.78 is 32.6. The number of rotatable bonds is 5. The van der Waals surface area contributed by atoms with Gasteiger partial charge in [0.15, 0.2) is 0 Å². The summed E-state index contributed by atoms with van der Waals surface area (Å²) in [5, 5.41) is 0. The molecule has 0 saturated carbocycles. The number of ether oxygens (including phenoxy) is 1. The number of esters is 1. The molecular weight excluding hydrogens is 440 g/mol. The first-order chi connectivity index (χ1) is 14.8. The van der Waals surface area contributed by atoms with Crippen molar-refractivity contribution in [1.29, 1.82) is 0 Å². The number of fused-ring (bicyclic) bond motifs is 1. The molecule has 2 aliphatic rings. The van der Waals surface area contributed by atoms with E-state index in [1.165, 1.54) is 16.3 Å². The topological polar surface area (TPSA) is 101 Å². The maximum atomic E-state index is 13.2. The van der Waals surface area contributed by atoms with E-state index < -0.39 is 27.7 Å². The Morgan fingerprint density at radius 3 is 2.35 bits per heavy atom. The van der Waals surface area contributed by atoms with E-state index in [1.54, 1.807) is 30.3 Å². The van der Waals surface area contributed by atoms with Crippen LogP contribution in [0, 0.1) is 0 Å². The van der Waals surface area contributed by atoms with Gasteiger partial charge in [0.05, 0.1) is 19.2 Å². The monoisotopic (exact) mass is 462 g/mol. The molecule has 1 amide bonds. The molecule has 0 bridgehead atoms. The Hall–Kier alpha value is -2.56. The van der Waals surface area contributed by atoms with E-state index in [2.05, 4.69) is 0 Å². The second kappa shape index (κ2) is 8.52. The second-order valence-electron chi connectivity index (χ2n) is 7.44. The zero-order valence-electron chi connectivity index (χ0n) is 17.0. The zero-order chi connectivity index (χ0) is 22.2. The fourth-order valence-electron chi connectivity index (χ4n) is 3.94. The zero-order valence-corrected chi connectivity index (χ0v) is 18.6. The molecule has 31 heavy (non-hydrogen) atoms. The quantitative estimate of drug-likeness (QED) is 0.383. The summed E-state index contributed by atoms with van der Waals surface area (Å²) in [4.78, 5) is 39.8. The Morgan fingerprint density at radius 1 is 1.03 bits per heavy atom. The molecule has 2 aliphatic heterocycles. The van der Waals surface area contributed by atoms with E-state index >= 15 is 0 Å². The average molecular weight is 463 g/mol. The van der Waals surface area contributed by atoms with Crippen LogP contribution in [-0.2, 0) is 32.5 Å². The van der Waals surface area contributed by atoms with Gasteiger partial charge < -0.3 is 9.64 Å². The van der Waals surface area contributed by atoms with Crippen molar-refractivity contribution in [3.8, 4) is 0 Å². The standard InChI is InChI=1S/C21H22N2O6S2/c1-29-20(26)17-15-9-12-22(19(25)18(24)14-7-3-2-4-8-14)13-16(15)30-21(17)31(27,28)23-10-5-6-11-23/h2-4,7-8H,5-6,9-13H2,1H3. The molecule has 8 nitrogen and oxygen atoms in total. The molecule has 0 atom stereocenters. The van der Waals surface area contributed by atoms with Crippen molar-refractivity contribution >= 4 is 39.0 Å². The third kappa shape index (κ3) is 3.90. The third-order valence-electron chi connectivity index (χ3n) is 5.57. The smallest absolute Gasteiger partial charge is 0.340 e. The van der Waals surface area contributed by atoms with Crippen molar-refractivity contribution in [2.45, 2.75) is 30.0 Å². The van der Waals surface area contributed by atoms with Gasteiger partial charge in [-0.2, -0.15) is 4.31 Å². The lowest BCUT2D eigenvalue weighted by Gasteiger charge is -2.26. The molecule has 0 N–H and O–H groups in total. The van der Waals surface area contributed by atoms with E-state index in [-0.39, 0.29) is 29.3 Å². The van der Waals surface area contributed by atoms with Crippen LogP contribution in [-0.4, -0.2) is 62.0 Å². The summed E-state index contributed by atoms with van der Waals surface area (Å²) in [6.07, 6.45) is 1.84. The van der Waals surface area contributed by atoms with Crippen LogP contribution >= 0.6 is 11.3 Å². The van der Waals surface area contributed by atoms with Crippen LogP contribution < -0.4 is 0 Å². The number of carbonyl (C=O) groups excluding carboxylic acids is 3. The van der Waals surface area contributed by atoms with Crippen molar-refractivity contribution in [3.63, 3.8) is 0 Å². The van der Waals surface area contributed by atoms with E-state index in [4.69, 9.17) is 4.74 Å². The molecule has 0 spiro atoms. The van der Waals surface area contributed by atoms with Gasteiger partial charge in [-0.3, -0.25) is 9.59 Å². The summed E-state index contributed by atoms with van der Waals surface area (Å²) in [5.74, 6) is -1.96. The maximum Gasteiger partial charge on any atom is 0.340 e. The Labute approximate surface area is 184 Å². The fourth-order valence-corrected chi connectivity index (χ4v) is 7.50. The molecule has 1 saturated heterocycles. The molecule has 2 aromatic rings. The highest BCUT2D eigenvalue weighted by atomic mass is 32.2. The molecule has 0 radical (unpaired) electrons. The SMILES string of the molecule is COC(=O)c1c(S(=O)(=O)N2CCCC2)sc2c1CCN(C(=O)C(=O)c1ccccc1)C2. The number of Topliss-reactive ketones (excluding diaryl/α,β-unsaturated/α-hetero) is 1. The van der Waals surface area contributed by atoms with E-state index in [0.29, 0.717) is 29.1 Å². The van der Waals surface area contributed by atoms with Gasteiger partial charge in [0.1, 0.15) is 4.21 Å².